The molecule has 1 fully saturated rings. The van der Waals surface area contributed by atoms with E-state index in [2.05, 4.69) is 11.4 Å². The molecule has 0 atom stereocenters. The molecule has 0 bridgehead atoms. The van der Waals surface area contributed by atoms with Gasteiger partial charge in [-0.2, -0.15) is 5.26 Å². The zero-order valence-electron chi connectivity index (χ0n) is 14.4. The van der Waals surface area contributed by atoms with Crippen molar-refractivity contribution in [2.24, 2.45) is 11.7 Å². The lowest BCUT2D eigenvalue weighted by Crippen LogP contribution is -3.14. The third kappa shape index (κ3) is 4.20. The number of nitrogens with one attached hydrogen (secondary N) is 2. The summed E-state index contributed by atoms with van der Waals surface area (Å²) in [6.45, 7) is 1.94. The fourth-order valence-corrected chi connectivity index (χ4v) is 5.09. The molecule has 1 aromatic rings. The number of anilines is 1. The van der Waals surface area contributed by atoms with Gasteiger partial charge in [-0.05, 0) is 31.2 Å². The molecule has 4 N–H and O–H groups in total. The van der Waals surface area contributed by atoms with Gasteiger partial charge in [-0.15, -0.1) is 11.3 Å². The van der Waals surface area contributed by atoms with E-state index < -0.39 is 0 Å². The van der Waals surface area contributed by atoms with Crippen molar-refractivity contribution < 1.29 is 14.5 Å². The molecule has 1 aliphatic carbocycles. The van der Waals surface area contributed by atoms with Crippen molar-refractivity contribution in [3.8, 4) is 6.07 Å². The zero-order chi connectivity index (χ0) is 17.8. The van der Waals surface area contributed by atoms with Crippen molar-refractivity contribution >= 4 is 28.2 Å². The van der Waals surface area contributed by atoms with E-state index in [9.17, 15) is 14.9 Å². The van der Waals surface area contributed by atoms with Crippen LogP contribution in [0.4, 0.5) is 5.00 Å². The quantitative estimate of drug-likeness (QED) is 0.685. The molecule has 134 valence electrons. The Labute approximate surface area is 152 Å². The zero-order valence-corrected chi connectivity index (χ0v) is 15.2. The average molecular weight is 361 g/mol. The summed E-state index contributed by atoms with van der Waals surface area (Å²) in [6.07, 6.45) is 6.92. The molecule has 0 unspecified atom stereocenters. The van der Waals surface area contributed by atoms with Crippen LogP contribution < -0.4 is 16.0 Å². The molecule has 0 radical (unpaired) electrons. The van der Waals surface area contributed by atoms with E-state index in [1.165, 1.54) is 16.2 Å². The van der Waals surface area contributed by atoms with E-state index in [0.29, 0.717) is 17.1 Å². The summed E-state index contributed by atoms with van der Waals surface area (Å²) < 4.78 is 0. The topological polar surface area (TPSA) is 100 Å². The number of likely N-dealkylation sites (tertiary alicyclic amines) is 1. The molecule has 1 aromatic heterocycles. The van der Waals surface area contributed by atoms with Crippen LogP contribution in [-0.4, -0.2) is 31.4 Å². The number of amides is 2. The minimum atomic E-state index is -0.234. The number of rotatable bonds is 4. The Kier molecular flexibility index (Phi) is 5.71. The SMILES string of the molecule is N#Cc1c(NC(=O)C[NH+]2CCC(C(N)=O)CC2)sc2c1CCCCC2. The molecule has 0 aromatic carbocycles. The number of thiophene rings is 1. The van der Waals surface area contributed by atoms with E-state index in [1.54, 1.807) is 11.3 Å². The first kappa shape index (κ1) is 17.9. The summed E-state index contributed by atoms with van der Waals surface area (Å²) in [5.74, 6) is -0.340. The molecule has 6 nitrogen and oxygen atoms in total. The number of nitrogens with two attached hydrogens (primary N) is 1. The van der Waals surface area contributed by atoms with Gasteiger partial charge in [-0.25, -0.2) is 0 Å². The summed E-state index contributed by atoms with van der Waals surface area (Å²) in [5, 5.41) is 13.2. The first-order chi connectivity index (χ1) is 12.1. The van der Waals surface area contributed by atoms with Crippen LogP contribution in [0, 0.1) is 17.2 Å². The molecule has 7 heteroatoms. The summed E-state index contributed by atoms with van der Waals surface area (Å²) in [7, 11) is 0. The van der Waals surface area contributed by atoms with Crippen molar-refractivity contribution in [2.45, 2.75) is 44.9 Å². The van der Waals surface area contributed by atoms with Crippen LogP contribution in [-0.2, 0) is 22.4 Å². The third-order valence-electron chi connectivity index (χ3n) is 5.29. The number of carbonyl (C=O) groups is 2. The number of hydrogen-bond donors (Lipinski definition) is 3. The number of fused-ring (bicyclic) bond motifs is 1. The van der Waals surface area contributed by atoms with E-state index in [1.807, 2.05) is 0 Å². The van der Waals surface area contributed by atoms with Crippen molar-refractivity contribution in [1.29, 1.82) is 5.26 Å². The predicted octanol–water partition coefficient (Wildman–Crippen LogP) is 0.607. The normalized spacial score (nSPS) is 23.2. The van der Waals surface area contributed by atoms with E-state index in [-0.39, 0.29) is 17.7 Å². The lowest BCUT2D eigenvalue weighted by molar-refractivity contribution is -0.897. The Morgan fingerprint density at radius 2 is 1.96 bits per heavy atom. The second-order valence-electron chi connectivity index (χ2n) is 7.03. The van der Waals surface area contributed by atoms with Crippen LogP contribution in [0.3, 0.4) is 0 Å². The average Bonchev–Trinajstić information content (AvgIpc) is 2.75. The van der Waals surface area contributed by atoms with Gasteiger partial charge in [0.05, 0.1) is 18.7 Å². The number of quaternary nitrogens is 1. The molecule has 2 heterocycles. The summed E-state index contributed by atoms with van der Waals surface area (Å²) >= 11 is 1.57. The van der Waals surface area contributed by atoms with E-state index >= 15 is 0 Å². The van der Waals surface area contributed by atoms with Crippen LogP contribution in [0.15, 0.2) is 0 Å². The van der Waals surface area contributed by atoms with Crippen LogP contribution in [0.5, 0.6) is 0 Å². The smallest absolute Gasteiger partial charge is 0.280 e. The second-order valence-corrected chi connectivity index (χ2v) is 8.14. The molecular formula is C18H25N4O2S+. The van der Waals surface area contributed by atoms with Crippen LogP contribution >= 0.6 is 11.3 Å². The van der Waals surface area contributed by atoms with E-state index in [4.69, 9.17) is 5.73 Å². The fraction of sp³-hybridized carbons (Fsp3) is 0.611. The Bertz CT molecular complexity index is 699. The molecule has 2 amide bonds. The standard InChI is InChI=1S/C18H24N4O2S/c19-10-14-13-4-2-1-3-5-15(13)25-18(14)21-16(23)11-22-8-6-12(7-9-22)17(20)24/h12H,1-9,11H2,(H2,20,24)(H,21,23)/p+1. The molecule has 1 aliphatic heterocycles. The molecule has 25 heavy (non-hydrogen) atoms. The van der Waals surface area contributed by atoms with Gasteiger partial charge in [0.15, 0.2) is 6.54 Å². The summed E-state index contributed by atoms with van der Waals surface area (Å²) in [6, 6.07) is 2.30. The van der Waals surface area contributed by atoms with Crippen LogP contribution in [0.1, 0.15) is 48.1 Å². The van der Waals surface area contributed by atoms with Gasteiger partial charge in [0, 0.05) is 23.6 Å². The van der Waals surface area contributed by atoms with Gasteiger partial charge in [0.1, 0.15) is 11.1 Å². The van der Waals surface area contributed by atoms with E-state index in [0.717, 1.165) is 57.2 Å². The Morgan fingerprint density at radius 1 is 1.24 bits per heavy atom. The lowest BCUT2D eigenvalue weighted by Gasteiger charge is -2.27. The predicted molar refractivity (Wildman–Crippen MR) is 96.4 cm³/mol. The fourth-order valence-electron chi connectivity index (χ4n) is 3.83. The number of piperidine rings is 1. The minimum Gasteiger partial charge on any atom is -0.369 e. The summed E-state index contributed by atoms with van der Waals surface area (Å²) in [5.41, 5.74) is 7.16. The maximum absolute atomic E-state index is 12.4. The van der Waals surface area contributed by atoms with Gasteiger partial charge in [0.25, 0.3) is 5.91 Å². The van der Waals surface area contributed by atoms with Crippen molar-refractivity contribution in [2.75, 3.05) is 25.0 Å². The maximum Gasteiger partial charge on any atom is 0.280 e. The highest BCUT2D eigenvalue weighted by Crippen LogP contribution is 2.36. The number of nitrogens with zero attached hydrogens (tertiary/aromatic N) is 1. The van der Waals surface area contributed by atoms with Crippen LogP contribution in [0.2, 0.25) is 0 Å². The number of nitriles is 1. The maximum atomic E-state index is 12.4. The Morgan fingerprint density at radius 3 is 2.64 bits per heavy atom. The molecule has 1 saturated heterocycles. The largest absolute Gasteiger partial charge is 0.369 e. The molecular weight excluding hydrogens is 336 g/mol. The Hall–Kier alpha value is -1.91. The number of aryl methyl sites for hydroxylation is 1. The van der Waals surface area contributed by atoms with Crippen molar-refractivity contribution in [1.82, 2.24) is 0 Å². The molecule has 2 aliphatic rings. The summed E-state index contributed by atoms with van der Waals surface area (Å²) in [4.78, 5) is 26.1. The number of hydrogen-bond acceptors (Lipinski definition) is 4. The highest BCUT2D eigenvalue weighted by Gasteiger charge is 2.28. The number of primary amides is 1. The highest BCUT2D eigenvalue weighted by molar-refractivity contribution is 7.16. The first-order valence-electron chi connectivity index (χ1n) is 9.06. The molecule has 0 saturated carbocycles. The highest BCUT2D eigenvalue weighted by atomic mass is 32.1. The van der Waals surface area contributed by atoms with Gasteiger partial charge < -0.3 is 16.0 Å². The Balaban J connectivity index is 1.60. The lowest BCUT2D eigenvalue weighted by atomic mass is 9.96. The first-order valence-corrected chi connectivity index (χ1v) is 9.87. The van der Waals surface area contributed by atoms with Crippen molar-refractivity contribution in [3.63, 3.8) is 0 Å². The van der Waals surface area contributed by atoms with Gasteiger partial charge >= 0.3 is 0 Å². The van der Waals surface area contributed by atoms with Gasteiger partial charge in [-0.3, -0.25) is 9.59 Å². The van der Waals surface area contributed by atoms with Gasteiger partial charge in [0.2, 0.25) is 5.91 Å². The van der Waals surface area contributed by atoms with Crippen molar-refractivity contribution in [3.05, 3.63) is 16.0 Å². The monoisotopic (exact) mass is 361 g/mol. The molecule has 3 rings (SSSR count). The third-order valence-corrected chi connectivity index (χ3v) is 6.50. The second kappa shape index (κ2) is 7.98. The minimum absolute atomic E-state index is 0.0510. The van der Waals surface area contributed by atoms with Gasteiger partial charge in [-0.1, -0.05) is 6.42 Å². The van der Waals surface area contributed by atoms with Crippen LogP contribution in [0.25, 0.3) is 0 Å². The number of carbonyl (C=O) groups excluding carboxylic acids is 2. The molecule has 0 spiro atoms.